The molecule has 0 spiro atoms. The van der Waals surface area contributed by atoms with Gasteiger partial charge in [0.2, 0.25) is 0 Å². The molecule has 1 atom stereocenters. The molecule has 0 radical (unpaired) electrons. The highest BCUT2D eigenvalue weighted by Gasteiger charge is 2.14. The third kappa shape index (κ3) is 2.54. The maximum absolute atomic E-state index is 9.38. The summed E-state index contributed by atoms with van der Waals surface area (Å²) in [7, 11) is 3.58. The molecule has 1 unspecified atom stereocenters. The van der Waals surface area contributed by atoms with Crippen molar-refractivity contribution >= 4 is 0 Å². The molecule has 0 bridgehead atoms. The first-order valence-electron chi connectivity index (χ1n) is 5.55. The van der Waals surface area contributed by atoms with Crippen molar-refractivity contribution in [2.24, 2.45) is 0 Å². The minimum absolute atomic E-state index is 0.148. The first-order chi connectivity index (χ1) is 7.65. The molecule has 90 valence electrons. The second kappa shape index (κ2) is 5.87. The summed E-state index contributed by atoms with van der Waals surface area (Å²) in [5, 5.41) is 12.5. The van der Waals surface area contributed by atoms with Gasteiger partial charge in [-0.3, -0.25) is 0 Å². The number of benzene rings is 1. The van der Waals surface area contributed by atoms with Gasteiger partial charge in [-0.2, -0.15) is 0 Å². The van der Waals surface area contributed by atoms with Crippen molar-refractivity contribution in [1.82, 2.24) is 5.32 Å². The molecular formula is C13H21NO2. The summed E-state index contributed by atoms with van der Waals surface area (Å²) in [6, 6.07) is 4.01. The zero-order valence-corrected chi connectivity index (χ0v) is 10.5. The minimum Gasteiger partial charge on any atom is -0.496 e. The zero-order chi connectivity index (χ0) is 12.1. The summed E-state index contributed by atoms with van der Waals surface area (Å²) in [6.07, 6.45) is 0. The Labute approximate surface area is 97.4 Å². The average molecular weight is 223 g/mol. The van der Waals surface area contributed by atoms with Crippen LogP contribution in [0.3, 0.4) is 0 Å². The van der Waals surface area contributed by atoms with Crippen LogP contribution in [-0.4, -0.2) is 32.4 Å². The van der Waals surface area contributed by atoms with E-state index in [0.29, 0.717) is 0 Å². The normalized spacial score (nSPS) is 12.6. The number of aliphatic hydroxyl groups excluding tert-OH is 1. The molecule has 0 fully saturated rings. The Morgan fingerprint density at radius 2 is 2.00 bits per heavy atom. The van der Waals surface area contributed by atoms with E-state index in [1.165, 1.54) is 11.1 Å². The van der Waals surface area contributed by atoms with Gasteiger partial charge in [0.25, 0.3) is 0 Å². The molecule has 0 aromatic heterocycles. The highest BCUT2D eigenvalue weighted by molar-refractivity contribution is 5.45. The molecule has 0 aliphatic heterocycles. The maximum Gasteiger partial charge on any atom is 0.122 e. The van der Waals surface area contributed by atoms with E-state index in [2.05, 4.69) is 12.2 Å². The number of hydrogen-bond acceptors (Lipinski definition) is 3. The van der Waals surface area contributed by atoms with Gasteiger partial charge in [-0.05, 0) is 43.7 Å². The van der Waals surface area contributed by atoms with Gasteiger partial charge < -0.3 is 15.2 Å². The molecule has 0 saturated carbocycles. The lowest BCUT2D eigenvalue weighted by atomic mass is 9.92. The molecular weight excluding hydrogens is 202 g/mol. The molecule has 0 heterocycles. The average Bonchev–Trinajstić information content (AvgIpc) is 2.30. The van der Waals surface area contributed by atoms with Crippen LogP contribution in [0.25, 0.3) is 0 Å². The van der Waals surface area contributed by atoms with Crippen molar-refractivity contribution in [2.45, 2.75) is 19.8 Å². The van der Waals surface area contributed by atoms with Crippen molar-refractivity contribution in [1.29, 1.82) is 0 Å². The van der Waals surface area contributed by atoms with E-state index in [-0.39, 0.29) is 12.5 Å². The number of likely N-dealkylation sites (N-methyl/N-ethyl adjacent to an activating group) is 1. The fourth-order valence-corrected chi connectivity index (χ4v) is 2.00. The summed E-state index contributed by atoms with van der Waals surface area (Å²) < 4.78 is 5.28. The van der Waals surface area contributed by atoms with E-state index in [1.807, 2.05) is 26.1 Å². The largest absolute Gasteiger partial charge is 0.496 e. The third-order valence-corrected chi connectivity index (χ3v) is 3.11. The van der Waals surface area contributed by atoms with E-state index in [1.54, 1.807) is 7.11 Å². The van der Waals surface area contributed by atoms with Gasteiger partial charge in [-0.15, -0.1) is 0 Å². The zero-order valence-electron chi connectivity index (χ0n) is 10.5. The van der Waals surface area contributed by atoms with Crippen molar-refractivity contribution in [2.75, 3.05) is 27.3 Å². The van der Waals surface area contributed by atoms with Crippen LogP contribution in [0.15, 0.2) is 12.1 Å². The van der Waals surface area contributed by atoms with Crippen LogP contribution in [0.1, 0.15) is 22.6 Å². The Bertz CT molecular complexity index is 350. The van der Waals surface area contributed by atoms with Crippen LogP contribution < -0.4 is 10.1 Å². The fraction of sp³-hybridized carbons (Fsp3) is 0.538. The maximum atomic E-state index is 9.38. The Balaban J connectivity index is 3.09. The van der Waals surface area contributed by atoms with E-state index in [4.69, 9.17) is 4.74 Å². The molecule has 0 aliphatic carbocycles. The molecule has 1 aromatic carbocycles. The van der Waals surface area contributed by atoms with Gasteiger partial charge in [0.1, 0.15) is 5.75 Å². The van der Waals surface area contributed by atoms with Crippen LogP contribution in [0.5, 0.6) is 5.75 Å². The highest BCUT2D eigenvalue weighted by atomic mass is 16.5. The van der Waals surface area contributed by atoms with Gasteiger partial charge >= 0.3 is 0 Å². The lowest BCUT2D eigenvalue weighted by molar-refractivity contribution is 0.263. The molecule has 3 heteroatoms. The molecule has 2 N–H and O–H groups in total. The topological polar surface area (TPSA) is 41.5 Å². The number of rotatable bonds is 5. The summed E-state index contributed by atoms with van der Waals surface area (Å²) in [4.78, 5) is 0. The first kappa shape index (κ1) is 13.0. The second-order valence-electron chi connectivity index (χ2n) is 4.04. The SMILES string of the molecule is CNCC(CO)c1ccc(OC)c(C)c1C. The summed E-state index contributed by atoms with van der Waals surface area (Å²) >= 11 is 0. The van der Waals surface area contributed by atoms with Gasteiger partial charge in [-0.1, -0.05) is 6.07 Å². The summed E-state index contributed by atoms with van der Waals surface area (Å²) in [6.45, 7) is 5.06. The third-order valence-electron chi connectivity index (χ3n) is 3.11. The smallest absolute Gasteiger partial charge is 0.122 e. The molecule has 1 rings (SSSR count). The Morgan fingerprint density at radius 3 is 2.50 bits per heavy atom. The van der Waals surface area contributed by atoms with Gasteiger partial charge in [0.05, 0.1) is 13.7 Å². The number of ether oxygens (including phenoxy) is 1. The Kier molecular flexibility index (Phi) is 4.77. The van der Waals surface area contributed by atoms with Gasteiger partial charge in [0, 0.05) is 12.5 Å². The van der Waals surface area contributed by atoms with E-state index in [9.17, 15) is 5.11 Å². The lowest BCUT2D eigenvalue weighted by Crippen LogP contribution is -2.21. The predicted molar refractivity (Wildman–Crippen MR) is 66.2 cm³/mol. The standard InChI is InChI=1S/C13H21NO2/c1-9-10(2)13(16-4)6-5-12(9)11(8-15)7-14-3/h5-6,11,14-15H,7-8H2,1-4H3. The van der Waals surface area contributed by atoms with Crippen molar-refractivity contribution in [3.8, 4) is 5.75 Å². The van der Waals surface area contributed by atoms with Crippen molar-refractivity contribution in [3.63, 3.8) is 0 Å². The van der Waals surface area contributed by atoms with Crippen LogP contribution in [0, 0.1) is 13.8 Å². The Hall–Kier alpha value is -1.06. The van der Waals surface area contributed by atoms with Crippen molar-refractivity contribution in [3.05, 3.63) is 28.8 Å². The van der Waals surface area contributed by atoms with Crippen LogP contribution >= 0.6 is 0 Å². The fourth-order valence-electron chi connectivity index (χ4n) is 2.00. The van der Waals surface area contributed by atoms with Gasteiger partial charge in [0.15, 0.2) is 0 Å². The van der Waals surface area contributed by atoms with E-state index < -0.39 is 0 Å². The Morgan fingerprint density at radius 1 is 1.31 bits per heavy atom. The molecule has 0 saturated heterocycles. The monoisotopic (exact) mass is 223 g/mol. The molecule has 1 aromatic rings. The molecule has 0 amide bonds. The van der Waals surface area contributed by atoms with Gasteiger partial charge in [-0.25, -0.2) is 0 Å². The molecule has 3 nitrogen and oxygen atoms in total. The first-order valence-corrected chi connectivity index (χ1v) is 5.55. The van der Waals surface area contributed by atoms with E-state index >= 15 is 0 Å². The number of nitrogens with one attached hydrogen (secondary N) is 1. The number of aliphatic hydroxyl groups is 1. The van der Waals surface area contributed by atoms with E-state index in [0.717, 1.165) is 17.9 Å². The summed E-state index contributed by atoms with van der Waals surface area (Å²) in [5.41, 5.74) is 3.54. The second-order valence-corrected chi connectivity index (χ2v) is 4.04. The van der Waals surface area contributed by atoms with Crippen LogP contribution in [0.2, 0.25) is 0 Å². The van der Waals surface area contributed by atoms with Crippen LogP contribution in [-0.2, 0) is 0 Å². The van der Waals surface area contributed by atoms with Crippen molar-refractivity contribution < 1.29 is 9.84 Å². The molecule has 0 aliphatic rings. The minimum atomic E-state index is 0.148. The number of methoxy groups -OCH3 is 1. The van der Waals surface area contributed by atoms with Crippen LogP contribution in [0.4, 0.5) is 0 Å². The number of hydrogen-bond donors (Lipinski definition) is 2. The quantitative estimate of drug-likeness (QED) is 0.797. The highest BCUT2D eigenvalue weighted by Crippen LogP contribution is 2.28. The lowest BCUT2D eigenvalue weighted by Gasteiger charge is -2.19. The predicted octanol–water partition coefficient (Wildman–Crippen LogP) is 1.61. The summed E-state index contributed by atoms with van der Waals surface area (Å²) in [5.74, 6) is 1.05. The molecule has 16 heavy (non-hydrogen) atoms.